The number of hydrogen-bond donors (Lipinski definition) is 0. The van der Waals surface area contributed by atoms with Gasteiger partial charge < -0.3 is 0 Å². The van der Waals surface area contributed by atoms with Crippen LogP contribution < -0.4 is 5.19 Å². The number of halogens is 1. The standard InChI is InChI=1S/C8H10ClNO2Si/c1-13(9,7-10(11)12)8-5-3-2-4-6-8/h2-6H,7H2,1H3. The zero-order chi connectivity index (χ0) is 9.90. The summed E-state index contributed by atoms with van der Waals surface area (Å²) in [7, 11) is -2.37. The van der Waals surface area contributed by atoms with Gasteiger partial charge in [-0.3, -0.25) is 10.1 Å². The molecule has 5 heteroatoms. The largest absolute Gasteiger partial charge is 0.265 e. The highest BCUT2D eigenvalue weighted by Crippen LogP contribution is 2.08. The third-order valence-corrected chi connectivity index (χ3v) is 5.20. The van der Waals surface area contributed by atoms with Crippen LogP contribution in [0.15, 0.2) is 30.3 Å². The average molecular weight is 216 g/mol. The zero-order valence-electron chi connectivity index (χ0n) is 7.24. The van der Waals surface area contributed by atoms with Gasteiger partial charge in [0, 0.05) is 4.92 Å². The van der Waals surface area contributed by atoms with Gasteiger partial charge in [-0.05, 0) is 11.7 Å². The topological polar surface area (TPSA) is 43.1 Å². The first-order chi connectivity index (χ1) is 6.02. The Hall–Kier alpha value is -0.873. The van der Waals surface area contributed by atoms with Crippen molar-refractivity contribution in [3.63, 3.8) is 0 Å². The van der Waals surface area contributed by atoms with Gasteiger partial charge >= 0.3 is 0 Å². The van der Waals surface area contributed by atoms with E-state index in [4.69, 9.17) is 11.1 Å². The van der Waals surface area contributed by atoms with E-state index in [0.29, 0.717) is 0 Å². The molecule has 0 saturated carbocycles. The zero-order valence-corrected chi connectivity index (χ0v) is 8.99. The van der Waals surface area contributed by atoms with Crippen molar-refractivity contribution >= 4 is 23.6 Å². The molecule has 1 unspecified atom stereocenters. The molecule has 0 amide bonds. The van der Waals surface area contributed by atoms with Crippen molar-refractivity contribution < 1.29 is 4.92 Å². The van der Waals surface area contributed by atoms with E-state index in [2.05, 4.69) is 0 Å². The molecule has 0 radical (unpaired) electrons. The Morgan fingerprint density at radius 2 is 2.00 bits per heavy atom. The Labute approximate surface area is 82.2 Å². The molecule has 0 bridgehead atoms. The molecule has 0 N–H and O–H groups in total. The maximum atomic E-state index is 10.3. The minimum absolute atomic E-state index is 0.126. The SMILES string of the molecule is C[Si](Cl)(C[N+](=O)[O-])c1ccccc1. The highest BCUT2D eigenvalue weighted by Gasteiger charge is 2.33. The lowest BCUT2D eigenvalue weighted by Gasteiger charge is -2.13. The van der Waals surface area contributed by atoms with Crippen LogP contribution in [0.3, 0.4) is 0 Å². The van der Waals surface area contributed by atoms with Crippen LogP contribution >= 0.6 is 11.1 Å². The van der Waals surface area contributed by atoms with Crippen molar-refractivity contribution in [3.05, 3.63) is 40.4 Å². The maximum absolute atomic E-state index is 10.3. The van der Waals surface area contributed by atoms with E-state index in [1.54, 1.807) is 6.55 Å². The number of nitrogens with zero attached hydrogens (tertiary/aromatic N) is 1. The summed E-state index contributed by atoms with van der Waals surface area (Å²) in [5, 5.41) is 11.3. The molecule has 1 aromatic rings. The summed E-state index contributed by atoms with van der Waals surface area (Å²) < 4.78 is 0. The van der Waals surface area contributed by atoms with E-state index in [1.165, 1.54) is 0 Å². The first kappa shape index (κ1) is 10.2. The van der Waals surface area contributed by atoms with Crippen molar-refractivity contribution in [2.75, 3.05) is 6.17 Å². The molecule has 0 fully saturated rings. The summed E-state index contributed by atoms with van der Waals surface area (Å²) in [6.45, 7) is 1.78. The van der Waals surface area contributed by atoms with Crippen molar-refractivity contribution in [3.8, 4) is 0 Å². The van der Waals surface area contributed by atoms with Crippen molar-refractivity contribution in [1.82, 2.24) is 0 Å². The van der Waals surface area contributed by atoms with Crippen LogP contribution in [-0.4, -0.2) is 18.5 Å². The van der Waals surface area contributed by atoms with Gasteiger partial charge in [-0.15, -0.1) is 0 Å². The molecule has 0 heterocycles. The third-order valence-electron chi connectivity index (χ3n) is 1.80. The molecule has 70 valence electrons. The van der Waals surface area contributed by atoms with Gasteiger partial charge in [0.2, 0.25) is 6.17 Å². The first-order valence-electron chi connectivity index (χ1n) is 3.88. The Bertz CT molecular complexity index is 302. The molecular formula is C8H10ClNO2Si. The average Bonchev–Trinajstić information content (AvgIpc) is 2.04. The molecule has 0 aliphatic carbocycles. The van der Waals surface area contributed by atoms with Gasteiger partial charge in [0.15, 0.2) is 0 Å². The molecule has 0 saturated heterocycles. The Balaban J connectivity index is 2.87. The summed E-state index contributed by atoms with van der Waals surface area (Å²) in [4.78, 5) is 10.0. The molecule has 0 aliphatic heterocycles. The Morgan fingerprint density at radius 1 is 1.46 bits per heavy atom. The van der Waals surface area contributed by atoms with Crippen molar-refractivity contribution in [2.45, 2.75) is 6.55 Å². The normalized spacial score (nSPS) is 14.9. The lowest BCUT2D eigenvalue weighted by Crippen LogP contribution is -2.45. The van der Waals surface area contributed by atoms with E-state index in [0.717, 1.165) is 5.19 Å². The lowest BCUT2D eigenvalue weighted by atomic mass is 10.4. The highest BCUT2D eigenvalue weighted by molar-refractivity contribution is 7.26. The summed E-state index contributed by atoms with van der Waals surface area (Å²) >= 11 is 6.15. The van der Waals surface area contributed by atoms with E-state index in [9.17, 15) is 10.1 Å². The minimum atomic E-state index is -2.37. The molecule has 0 spiro atoms. The second kappa shape index (κ2) is 3.89. The molecule has 1 rings (SSSR count). The summed E-state index contributed by atoms with van der Waals surface area (Å²) in [5.41, 5.74) is 0. The number of nitro groups is 1. The molecule has 13 heavy (non-hydrogen) atoms. The van der Waals surface area contributed by atoms with Gasteiger partial charge in [-0.1, -0.05) is 30.3 Å². The van der Waals surface area contributed by atoms with E-state index >= 15 is 0 Å². The minimum Gasteiger partial charge on any atom is -0.265 e. The summed E-state index contributed by atoms with van der Waals surface area (Å²) in [5.74, 6) is 0. The number of hydrogen-bond acceptors (Lipinski definition) is 2. The van der Waals surface area contributed by atoms with Crippen LogP contribution in [0.5, 0.6) is 0 Å². The highest BCUT2D eigenvalue weighted by atomic mass is 35.6. The number of benzene rings is 1. The monoisotopic (exact) mass is 215 g/mol. The number of rotatable bonds is 3. The van der Waals surface area contributed by atoms with Crippen LogP contribution in [0.1, 0.15) is 0 Å². The van der Waals surface area contributed by atoms with Crippen LogP contribution in [-0.2, 0) is 0 Å². The fraction of sp³-hybridized carbons (Fsp3) is 0.250. The first-order valence-corrected chi connectivity index (χ1v) is 7.60. The van der Waals surface area contributed by atoms with E-state index in [1.807, 2.05) is 30.3 Å². The third kappa shape index (κ3) is 2.82. The van der Waals surface area contributed by atoms with Crippen molar-refractivity contribution in [1.29, 1.82) is 0 Å². The Morgan fingerprint density at radius 3 is 2.46 bits per heavy atom. The summed E-state index contributed by atoms with van der Waals surface area (Å²) in [6.07, 6.45) is -0.126. The van der Waals surface area contributed by atoms with Crippen LogP contribution in [0.25, 0.3) is 0 Å². The fourth-order valence-electron chi connectivity index (χ4n) is 1.12. The molecule has 3 nitrogen and oxygen atoms in total. The van der Waals surface area contributed by atoms with E-state index < -0.39 is 7.38 Å². The second-order valence-electron chi connectivity index (χ2n) is 3.05. The Kier molecular flexibility index (Phi) is 3.06. The fourth-order valence-corrected chi connectivity index (χ4v) is 3.35. The molecular weight excluding hydrogens is 206 g/mol. The smallest absolute Gasteiger partial charge is 0.264 e. The quantitative estimate of drug-likeness (QED) is 0.332. The van der Waals surface area contributed by atoms with Crippen LogP contribution in [0, 0.1) is 10.1 Å². The maximum Gasteiger partial charge on any atom is 0.264 e. The van der Waals surface area contributed by atoms with Gasteiger partial charge in [-0.2, -0.15) is 11.1 Å². The summed E-state index contributed by atoms with van der Waals surface area (Å²) in [6, 6.07) is 9.27. The second-order valence-corrected chi connectivity index (χ2v) is 8.85. The van der Waals surface area contributed by atoms with E-state index in [-0.39, 0.29) is 11.1 Å². The predicted octanol–water partition coefficient (Wildman–Crippen LogP) is 1.52. The molecule has 0 aromatic heterocycles. The van der Waals surface area contributed by atoms with Gasteiger partial charge in [0.1, 0.15) is 0 Å². The van der Waals surface area contributed by atoms with Gasteiger partial charge in [-0.25, -0.2) is 0 Å². The van der Waals surface area contributed by atoms with Gasteiger partial charge in [0.25, 0.3) is 7.38 Å². The van der Waals surface area contributed by atoms with Gasteiger partial charge in [0.05, 0.1) is 0 Å². The van der Waals surface area contributed by atoms with Crippen molar-refractivity contribution in [2.24, 2.45) is 0 Å². The lowest BCUT2D eigenvalue weighted by molar-refractivity contribution is -0.461. The van der Waals surface area contributed by atoms with Crippen LogP contribution in [0.2, 0.25) is 6.55 Å². The van der Waals surface area contributed by atoms with Crippen LogP contribution in [0.4, 0.5) is 0 Å². The predicted molar refractivity (Wildman–Crippen MR) is 55.4 cm³/mol. The molecule has 0 aliphatic rings. The molecule has 1 atom stereocenters. The molecule has 1 aromatic carbocycles.